The topological polar surface area (TPSA) is 92.9 Å². The second-order valence-corrected chi connectivity index (χ2v) is 8.74. The van der Waals surface area contributed by atoms with Crippen molar-refractivity contribution < 1.29 is 18.7 Å². The summed E-state index contributed by atoms with van der Waals surface area (Å²) in [6.07, 6.45) is 2.61. The molecular formula is C24H32FN5O3. The standard InChI is InChI=1S/C24H32FN5O3/c1-5-20(26)28-23(31)32-16-17-7-6-8-19(22(17)25)30-13-11-29(12-14-30)18-9-10-21(27-15-18)33-24(2,3)4/h5-10,15H,11-14,16,26H2,1-4H3,(H,28,31)/b20-5-. The number of benzene rings is 1. The summed E-state index contributed by atoms with van der Waals surface area (Å²) in [6, 6.07) is 8.98. The zero-order valence-electron chi connectivity index (χ0n) is 19.6. The number of halogens is 1. The maximum Gasteiger partial charge on any atom is 0.413 e. The second-order valence-electron chi connectivity index (χ2n) is 8.74. The van der Waals surface area contributed by atoms with E-state index < -0.39 is 6.09 Å². The van der Waals surface area contributed by atoms with E-state index in [0.29, 0.717) is 30.2 Å². The summed E-state index contributed by atoms with van der Waals surface area (Å²) in [4.78, 5) is 20.4. The van der Waals surface area contributed by atoms with Crippen LogP contribution < -0.4 is 25.6 Å². The van der Waals surface area contributed by atoms with Gasteiger partial charge in [-0.3, -0.25) is 5.32 Å². The van der Waals surface area contributed by atoms with Crippen molar-refractivity contribution in [2.45, 2.75) is 39.9 Å². The number of rotatable bonds is 6. The quantitative estimate of drug-likeness (QED) is 0.682. The average molecular weight is 458 g/mol. The van der Waals surface area contributed by atoms with Crippen LogP contribution in [0.5, 0.6) is 5.88 Å². The number of nitrogens with two attached hydrogens (primary N) is 1. The Morgan fingerprint density at radius 1 is 1.18 bits per heavy atom. The second kappa shape index (κ2) is 10.4. The van der Waals surface area contributed by atoms with Crippen LogP contribution in [0.15, 0.2) is 48.4 Å². The Labute approximate surface area is 194 Å². The molecule has 1 fully saturated rings. The van der Waals surface area contributed by atoms with Gasteiger partial charge in [-0.15, -0.1) is 0 Å². The number of carbonyl (C=O) groups excluding carboxylic acids is 1. The van der Waals surface area contributed by atoms with Crippen LogP contribution in [0.4, 0.5) is 20.6 Å². The highest BCUT2D eigenvalue weighted by molar-refractivity contribution is 5.69. The molecule has 0 aliphatic carbocycles. The SMILES string of the molecule is C/C=C(/N)NC(=O)OCc1cccc(N2CCN(c3ccc(OC(C)(C)C)nc3)CC2)c1F. The Balaban J connectivity index is 1.58. The monoisotopic (exact) mass is 457 g/mol. The zero-order valence-corrected chi connectivity index (χ0v) is 19.6. The number of anilines is 2. The minimum Gasteiger partial charge on any atom is -0.472 e. The first-order valence-corrected chi connectivity index (χ1v) is 10.9. The molecule has 0 unspecified atom stereocenters. The van der Waals surface area contributed by atoms with E-state index in [1.54, 1.807) is 31.3 Å². The van der Waals surface area contributed by atoms with Crippen LogP contribution in [-0.4, -0.2) is 42.9 Å². The maximum absolute atomic E-state index is 15.1. The molecule has 1 aromatic heterocycles. The number of nitrogens with zero attached hydrogens (tertiary/aromatic N) is 3. The molecule has 178 valence electrons. The third-order valence-electron chi connectivity index (χ3n) is 5.09. The Hall–Kier alpha value is -3.49. The lowest BCUT2D eigenvalue weighted by molar-refractivity contribution is 0.124. The lowest BCUT2D eigenvalue weighted by Gasteiger charge is -2.37. The average Bonchev–Trinajstić information content (AvgIpc) is 2.78. The van der Waals surface area contributed by atoms with E-state index in [1.807, 2.05) is 37.8 Å². The van der Waals surface area contributed by atoms with Crippen molar-refractivity contribution in [2.75, 3.05) is 36.0 Å². The van der Waals surface area contributed by atoms with E-state index in [4.69, 9.17) is 15.2 Å². The molecule has 2 aromatic rings. The molecule has 0 bridgehead atoms. The van der Waals surface area contributed by atoms with Gasteiger partial charge in [0, 0.05) is 37.8 Å². The molecule has 1 aliphatic rings. The van der Waals surface area contributed by atoms with Crippen molar-refractivity contribution in [3.05, 3.63) is 59.8 Å². The van der Waals surface area contributed by atoms with E-state index in [2.05, 4.69) is 15.2 Å². The molecule has 0 saturated carbocycles. The molecule has 0 spiro atoms. The number of pyridine rings is 1. The van der Waals surface area contributed by atoms with Gasteiger partial charge in [0.2, 0.25) is 5.88 Å². The normalized spacial score (nSPS) is 14.8. The molecule has 9 heteroatoms. The zero-order chi connectivity index (χ0) is 24.0. The molecule has 0 atom stereocenters. The fraction of sp³-hybridized carbons (Fsp3) is 0.417. The van der Waals surface area contributed by atoms with Gasteiger partial charge in [0.05, 0.1) is 17.6 Å². The Kier molecular flexibility index (Phi) is 7.63. The number of hydrogen-bond acceptors (Lipinski definition) is 7. The Morgan fingerprint density at radius 2 is 1.88 bits per heavy atom. The molecule has 1 saturated heterocycles. The van der Waals surface area contributed by atoms with E-state index in [9.17, 15) is 4.79 Å². The van der Waals surface area contributed by atoms with Gasteiger partial charge < -0.3 is 25.0 Å². The van der Waals surface area contributed by atoms with Crippen molar-refractivity contribution in [3.8, 4) is 5.88 Å². The number of ether oxygens (including phenoxy) is 2. The van der Waals surface area contributed by atoms with Crippen molar-refractivity contribution in [2.24, 2.45) is 5.73 Å². The largest absolute Gasteiger partial charge is 0.472 e. The van der Waals surface area contributed by atoms with Gasteiger partial charge in [-0.1, -0.05) is 12.1 Å². The summed E-state index contributed by atoms with van der Waals surface area (Å²) in [5, 5.41) is 2.36. The van der Waals surface area contributed by atoms with E-state index in [0.717, 1.165) is 18.8 Å². The maximum atomic E-state index is 15.1. The third kappa shape index (κ3) is 6.74. The summed E-state index contributed by atoms with van der Waals surface area (Å²) in [5.74, 6) is 0.384. The van der Waals surface area contributed by atoms with Crippen LogP contribution in [0.1, 0.15) is 33.3 Å². The number of allylic oxidation sites excluding steroid dienone is 1. The van der Waals surface area contributed by atoms with E-state index in [1.165, 1.54) is 6.08 Å². The van der Waals surface area contributed by atoms with Crippen LogP contribution in [0.3, 0.4) is 0 Å². The summed E-state index contributed by atoms with van der Waals surface area (Å²) < 4.78 is 26.0. The molecule has 1 amide bonds. The number of alkyl carbamates (subject to hydrolysis) is 1. The van der Waals surface area contributed by atoms with Crippen molar-refractivity contribution in [3.63, 3.8) is 0 Å². The highest BCUT2D eigenvalue weighted by Gasteiger charge is 2.22. The summed E-state index contributed by atoms with van der Waals surface area (Å²) in [5.41, 5.74) is 7.04. The fourth-order valence-corrected chi connectivity index (χ4v) is 3.43. The number of amides is 1. The van der Waals surface area contributed by atoms with Crippen LogP contribution in [0.25, 0.3) is 0 Å². The Morgan fingerprint density at radius 3 is 2.48 bits per heavy atom. The number of piperazine rings is 1. The number of nitrogens with one attached hydrogen (secondary N) is 1. The molecule has 3 rings (SSSR count). The molecule has 1 aromatic carbocycles. The molecule has 0 radical (unpaired) electrons. The first kappa shape index (κ1) is 24.2. The fourth-order valence-electron chi connectivity index (χ4n) is 3.43. The predicted octanol–water partition coefficient (Wildman–Crippen LogP) is 3.77. The lowest BCUT2D eigenvalue weighted by atomic mass is 10.1. The minimum atomic E-state index is -0.725. The van der Waals surface area contributed by atoms with E-state index in [-0.39, 0.29) is 23.8 Å². The van der Waals surface area contributed by atoms with Gasteiger partial charge in [0.15, 0.2) is 5.82 Å². The molecule has 8 nitrogen and oxygen atoms in total. The van der Waals surface area contributed by atoms with Crippen LogP contribution in [0.2, 0.25) is 0 Å². The highest BCUT2D eigenvalue weighted by atomic mass is 19.1. The molecule has 3 N–H and O–H groups in total. The smallest absolute Gasteiger partial charge is 0.413 e. The molecule has 2 heterocycles. The highest BCUT2D eigenvalue weighted by Crippen LogP contribution is 2.26. The van der Waals surface area contributed by atoms with Crippen LogP contribution in [0, 0.1) is 5.82 Å². The minimum absolute atomic E-state index is 0.179. The van der Waals surface area contributed by atoms with Crippen LogP contribution in [-0.2, 0) is 11.3 Å². The molecule has 1 aliphatic heterocycles. The summed E-state index contributed by atoms with van der Waals surface area (Å²) in [7, 11) is 0. The van der Waals surface area contributed by atoms with Crippen molar-refractivity contribution >= 4 is 17.5 Å². The molecular weight excluding hydrogens is 425 g/mol. The first-order chi connectivity index (χ1) is 15.7. The first-order valence-electron chi connectivity index (χ1n) is 10.9. The summed E-state index contributed by atoms with van der Waals surface area (Å²) in [6.45, 7) is 10.2. The number of aromatic nitrogens is 1. The number of carbonyl (C=O) groups is 1. The number of hydrogen-bond donors (Lipinski definition) is 2. The van der Waals surface area contributed by atoms with Gasteiger partial charge in [-0.05, 0) is 45.9 Å². The van der Waals surface area contributed by atoms with Crippen molar-refractivity contribution in [1.82, 2.24) is 10.3 Å². The molecule has 33 heavy (non-hydrogen) atoms. The lowest BCUT2D eigenvalue weighted by Crippen LogP contribution is -2.47. The Bertz CT molecular complexity index is 981. The van der Waals surface area contributed by atoms with Gasteiger partial charge >= 0.3 is 6.09 Å². The predicted molar refractivity (Wildman–Crippen MR) is 127 cm³/mol. The summed E-state index contributed by atoms with van der Waals surface area (Å²) >= 11 is 0. The third-order valence-corrected chi connectivity index (χ3v) is 5.09. The van der Waals surface area contributed by atoms with Crippen LogP contribution >= 0.6 is 0 Å². The van der Waals surface area contributed by atoms with Crippen molar-refractivity contribution in [1.29, 1.82) is 0 Å². The van der Waals surface area contributed by atoms with Gasteiger partial charge in [0.1, 0.15) is 18.0 Å². The van der Waals surface area contributed by atoms with Gasteiger partial charge in [-0.2, -0.15) is 0 Å². The van der Waals surface area contributed by atoms with Gasteiger partial charge in [0.25, 0.3) is 0 Å². The van der Waals surface area contributed by atoms with Gasteiger partial charge in [-0.25, -0.2) is 14.2 Å². The van der Waals surface area contributed by atoms with E-state index >= 15 is 4.39 Å².